The number of nitrogens with zero attached hydrogens (tertiary/aromatic N) is 1. The third kappa shape index (κ3) is 5.50. The topological polar surface area (TPSA) is 57.7 Å². The summed E-state index contributed by atoms with van der Waals surface area (Å²) in [7, 11) is 0. The van der Waals surface area contributed by atoms with E-state index in [1.54, 1.807) is 60.8 Å². The number of halogens is 1. The summed E-state index contributed by atoms with van der Waals surface area (Å²) < 4.78 is 16.2. The van der Waals surface area contributed by atoms with Gasteiger partial charge in [0.15, 0.2) is 6.61 Å². The molecule has 0 amide bonds. The van der Waals surface area contributed by atoms with Crippen molar-refractivity contribution in [3.05, 3.63) is 83.5 Å². The summed E-state index contributed by atoms with van der Waals surface area (Å²) in [6, 6.07) is 19.4. The van der Waals surface area contributed by atoms with E-state index in [1.165, 1.54) is 0 Å². The van der Waals surface area contributed by atoms with Gasteiger partial charge in [0.05, 0.1) is 0 Å². The first-order valence-electron chi connectivity index (χ1n) is 7.91. The van der Waals surface area contributed by atoms with Crippen LogP contribution in [0, 0.1) is 0 Å². The van der Waals surface area contributed by atoms with Gasteiger partial charge in [-0.05, 0) is 48.0 Å². The second-order valence-electron chi connectivity index (χ2n) is 5.32. The molecule has 5 nitrogen and oxygen atoms in total. The van der Waals surface area contributed by atoms with Crippen LogP contribution in [0.3, 0.4) is 0 Å². The van der Waals surface area contributed by atoms with Gasteiger partial charge in [0, 0.05) is 17.3 Å². The fourth-order valence-electron chi connectivity index (χ4n) is 2.06. The zero-order valence-corrected chi connectivity index (χ0v) is 14.6. The van der Waals surface area contributed by atoms with E-state index in [2.05, 4.69) is 4.98 Å². The number of ether oxygens (including phenoxy) is 3. The van der Waals surface area contributed by atoms with Crippen molar-refractivity contribution >= 4 is 17.6 Å². The monoisotopic (exact) mass is 369 g/mol. The Morgan fingerprint density at radius 2 is 1.65 bits per heavy atom. The van der Waals surface area contributed by atoms with Crippen molar-refractivity contribution in [2.45, 2.75) is 6.61 Å². The van der Waals surface area contributed by atoms with Gasteiger partial charge < -0.3 is 14.2 Å². The maximum Gasteiger partial charge on any atom is 0.344 e. The normalized spacial score (nSPS) is 10.2. The summed E-state index contributed by atoms with van der Waals surface area (Å²) in [5, 5.41) is 0.638. The highest BCUT2D eigenvalue weighted by molar-refractivity contribution is 6.30. The molecule has 0 radical (unpaired) electrons. The SMILES string of the molecule is O=C(COc1ccc(Oc2ccccn2)cc1)OCc1ccc(Cl)cc1. The van der Waals surface area contributed by atoms with E-state index in [9.17, 15) is 4.79 Å². The predicted octanol–water partition coefficient (Wildman–Crippen LogP) is 4.65. The molecule has 6 heteroatoms. The van der Waals surface area contributed by atoms with Gasteiger partial charge in [-0.2, -0.15) is 0 Å². The lowest BCUT2D eigenvalue weighted by molar-refractivity contribution is -0.147. The van der Waals surface area contributed by atoms with Crippen molar-refractivity contribution in [1.29, 1.82) is 0 Å². The van der Waals surface area contributed by atoms with E-state index in [4.69, 9.17) is 25.8 Å². The van der Waals surface area contributed by atoms with Crippen LogP contribution in [0.2, 0.25) is 5.02 Å². The average Bonchev–Trinajstić information content (AvgIpc) is 2.68. The van der Waals surface area contributed by atoms with E-state index in [1.807, 2.05) is 12.1 Å². The molecular formula is C20H16ClNO4. The van der Waals surface area contributed by atoms with Crippen LogP contribution >= 0.6 is 11.6 Å². The third-order valence-electron chi connectivity index (χ3n) is 3.35. The minimum absolute atomic E-state index is 0.173. The van der Waals surface area contributed by atoms with E-state index >= 15 is 0 Å². The fourth-order valence-corrected chi connectivity index (χ4v) is 2.19. The van der Waals surface area contributed by atoms with Gasteiger partial charge in [0.25, 0.3) is 0 Å². The quantitative estimate of drug-likeness (QED) is 0.567. The molecule has 0 unspecified atom stereocenters. The first-order chi connectivity index (χ1) is 12.7. The molecule has 0 bridgehead atoms. The summed E-state index contributed by atoms with van der Waals surface area (Å²) in [4.78, 5) is 15.8. The van der Waals surface area contributed by atoms with Gasteiger partial charge in [0.2, 0.25) is 5.88 Å². The van der Waals surface area contributed by atoms with E-state index in [0.29, 0.717) is 22.4 Å². The van der Waals surface area contributed by atoms with Crippen LogP contribution in [0.25, 0.3) is 0 Å². The zero-order chi connectivity index (χ0) is 18.2. The smallest absolute Gasteiger partial charge is 0.344 e. The Labute approximate surface area is 156 Å². The maximum absolute atomic E-state index is 11.8. The zero-order valence-electron chi connectivity index (χ0n) is 13.8. The molecule has 0 aliphatic rings. The lowest BCUT2D eigenvalue weighted by atomic mass is 10.2. The van der Waals surface area contributed by atoms with Crippen LogP contribution in [0.15, 0.2) is 72.9 Å². The highest BCUT2D eigenvalue weighted by atomic mass is 35.5. The number of benzene rings is 2. The molecule has 0 saturated heterocycles. The number of aromatic nitrogens is 1. The van der Waals surface area contributed by atoms with Crippen LogP contribution in [0.4, 0.5) is 0 Å². The molecule has 0 N–H and O–H groups in total. The molecule has 2 aromatic carbocycles. The third-order valence-corrected chi connectivity index (χ3v) is 3.61. The molecule has 0 fully saturated rings. The second kappa shape index (κ2) is 8.87. The number of hydrogen-bond donors (Lipinski definition) is 0. The first-order valence-corrected chi connectivity index (χ1v) is 8.29. The van der Waals surface area contributed by atoms with Gasteiger partial charge in [-0.3, -0.25) is 0 Å². The highest BCUT2D eigenvalue weighted by Gasteiger charge is 2.06. The number of esters is 1. The van der Waals surface area contributed by atoms with Crippen molar-refractivity contribution in [3.63, 3.8) is 0 Å². The molecule has 132 valence electrons. The Balaban J connectivity index is 1.44. The van der Waals surface area contributed by atoms with Crippen molar-refractivity contribution in [3.8, 4) is 17.4 Å². The van der Waals surface area contributed by atoms with E-state index in [-0.39, 0.29) is 13.2 Å². The van der Waals surface area contributed by atoms with Gasteiger partial charge in [-0.15, -0.1) is 0 Å². The van der Waals surface area contributed by atoms with Gasteiger partial charge in [-0.25, -0.2) is 9.78 Å². The summed E-state index contributed by atoms with van der Waals surface area (Å²) in [6.45, 7) is 0.00422. The summed E-state index contributed by atoms with van der Waals surface area (Å²) in [5.41, 5.74) is 0.860. The molecule has 1 aromatic heterocycles. The van der Waals surface area contributed by atoms with Crippen LogP contribution in [0.1, 0.15) is 5.56 Å². The van der Waals surface area contributed by atoms with Crippen molar-refractivity contribution in [2.24, 2.45) is 0 Å². The Bertz CT molecular complexity index is 836. The Hall–Kier alpha value is -3.05. The van der Waals surface area contributed by atoms with Crippen LogP contribution in [0.5, 0.6) is 17.4 Å². The van der Waals surface area contributed by atoms with Crippen LogP contribution < -0.4 is 9.47 Å². The van der Waals surface area contributed by atoms with Gasteiger partial charge in [-0.1, -0.05) is 29.8 Å². The molecule has 0 spiro atoms. The molecule has 26 heavy (non-hydrogen) atoms. The van der Waals surface area contributed by atoms with Crippen LogP contribution in [-0.4, -0.2) is 17.6 Å². The second-order valence-corrected chi connectivity index (χ2v) is 5.75. The molecule has 0 atom stereocenters. The number of carbonyl (C=O) groups is 1. The molecule has 3 aromatic rings. The van der Waals surface area contributed by atoms with Crippen molar-refractivity contribution in [1.82, 2.24) is 4.98 Å². The Kier molecular flexibility index (Phi) is 6.06. The predicted molar refractivity (Wildman–Crippen MR) is 97.5 cm³/mol. The molecule has 0 saturated carbocycles. The Morgan fingerprint density at radius 1 is 0.923 bits per heavy atom. The highest BCUT2D eigenvalue weighted by Crippen LogP contribution is 2.22. The van der Waals surface area contributed by atoms with Crippen LogP contribution in [-0.2, 0) is 16.1 Å². The fraction of sp³-hybridized carbons (Fsp3) is 0.100. The van der Waals surface area contributed by atoms with E-state index in [0.717, 1.165) is 5.56 Å². The summed E-state index contributed by atoms with van der Waals surface area (Å²) in [5.74, 6) is 1.23. The molecule has 3 rings (SSSR count). The van der Waals surface area contributed by atoms with Gasteiger partial charge in [0.1, 0.15) is 18.1 Å². The largest absolute Gasteiger partial charge is 0.482 e. The first kappa shape index (κ1) is 17.8. The Morgan fingerprint density at radius 3 is 2.35 bits per heavy atom. The number of carbonyl (C=O) groups excluding carboxylic acids is 1. The molecule has 1 heterocycles. The van der Waals surface area contributed by atoms with Crippen molar-refractivity contribution in [2.75, 3.05) is 6.61 Å². The number of rotatable bonds is 7. The maximum atomic E-state index is 11.8. The lowest BCUT2D eigenvalue weighted by Gasteiger charge is -2.08. The standard InChI is InChI=1S/C20H16ClNO4/c21-16-6-4-15(5-7-16)13-25-20(23)14-24-17-8-10-18(11-9-17)26-19-3-1-2-12-22-19/h1-12H,13-14H2. The minimum atomic E-state index is -0.450. The number of pyridine rings is 1. The summed E-state index contributed by atoms with van der Waals surface area (Å²) >= 11 is 5.81. The average molecular weight is 370 g/mol. The number of hydrogen-bond acceptors (Lipinski definition) is 5. The minimum Gasteiger partial charge on any atom is -0.482 e. The van der Waals surface area contributed by atoms with Gasteiger partial charge >= 0.3 is 5.97 Å². The van der Waals surface area contributed by atoms with Crippen molar-refractivity contribution < 1.29 is 19.0 Å². The molecule has 0 aliphatic heterocycles. The lowest BCUT2D eigenvalue weighted by Crippen LogP contribution is -2.14. The van der Waals surface area contributed by atoms with E-state index < -0.39 is 5.97 Å². The molecule has 0 aliphatic carbocycles. The molecular weight excluding hydrogens is 354 g/mol. The summed E-state index contributed by atoms with van der Waals surface area (Å²) in [6.07, 6.45) is 1.66.